The first-order valence-corrected chi connectivity index (χ1v) is 5.42. The van der Waals surface area contributed by atoms with Crippen molar-refractivity contribution in [3.63, 3.8) is 0 Å². The topological polar surface area (TPSA) is 29.4 Å². The molecule has 0 unspecified atom stereocenters. The quantitative estimate of drug-likeness (QED) is 0.413. The summed E-state index contributed by atoms with van der Waals surface area (Å²) in [4.78, 5) is 15.7. The van der Waals surface area contributed by atoms with E-state index in [0.29, 0.717) is 4.91 Å². The molecule has 0 aliphatic carbocycles. The van der Waals surface area contributed by atoms with Gasteiger partial charge in [0.15, 0.2) is 5.78 Å². The Hall–Kier alpha value is -1.09. The Balaban J connectivity index is 4.96. The molecule has 0 bridgehead atoms. The maximum Gasteiger partial charge on any atom is 0.165 e. The van der Waals surface area contributed by atoms with Crippen LogP contribution in [-0.2, 0) is 4.79 Å². The number of ketones is 1. The Morgan fingerprint density at radius 1 is 1.27 bits per heavy atom. The monoisotopic (exact) mass is 223 g/mol. The molecular formula is C12H17NOS. The van der Waals surface area contributed by atoms with E-state index in [1.165, 1.54) is 30.5 Å². The lowest BCUT2D eigenvalue weighted by atomic mass is 10.2. The van der Waals surface area contributed by atoms with Gasteiger partial charge in [0.1, 0.15) is 5.04 Å². The summed E-state index contributed by atoms with van der Waals surface area (Å²) in [5.74, 6) is -0.0293. The molecule has 0 aliphatic heterocycles. The van der Waals surface area contributed by atoms with Gasteiger partial charge in [-0.05, 0) is 33.3 Å². The van der Waals surface area contributed by atoms with Crippen LogP contribution in [0.5, 0.6) is 0 Å². The molecule has 0 spiro atoms. The SMILES string of the molecule is C=CN=C(SC(=C)C(C)=O)C(C)=C(C)C. The van der Waals surface area contributed by atoms with Gasteiger partial charge in [0, 0.05) is 11.1 Å². The van der Waals surface area contributed by atoms with Crippen molar-refractivity contribution in [1.29, 1.82) is 0 Å². The third-order valence-corrected chi connectivity index (χ3v) is 3.03. The molecule has 0 heterocycles. The number of carbonyl (C=O) groups is 1. The molecule has 0 rings (SSSR count). The minimum absolute atomic E-state index is 0.0293. The highest BCUT2D eigenvalue weighted by Crippen LogP contribution is 2.23. The van der Waals surface area contributed by atoms with Crippen LogP contribution in [0.15, 0.2) is 40.4 Å². The maximum absolute atomic E-state index is 11.1. The third-order valence-electron chi connectivity index (χ3n) is 1.89. The Kier molecular flexibility index (Phi) is 5.94. The molecule has 2 nitrogen and oxygen atoms in total. The molecule has 0 saturated heterocycles. The molecule has 0 radical (unpaired) electrons. The van der Waals surface area contributed by atoms with E-state index in [4.69, 9.17) is 0 Å². The molecule has 0 atom stereocenters. The third kappa shape index (κ3) is 4.79. The molecule has 0 aromatic carbocycles. The van der Waals surface area contributed by atoms with Gasteiger partial charge < -0.3 is 0 Å². The molecule has 0 amide bonds. The van der Waals surface area contributed by atoms with Crippen molar-refractivity contribution in [2.45, 2.75) is 27.7 Å². The molecule has 0 aromatic rings. The summed E-state index contributed by atoms with van der Waals surface area (Å²) in [6.07, 6.45) is 1.47. The van der Waals surface area contributed by atoms with E-state index < -0.39 is 0 Å². The van der Waals surface area contributed by atoms with E-state index in [1.807, 2.05) is 20.8 Å². The Labute approximate surface area is 95.9 Å². The zero-order valence-electron chi connectivity index (χ0n) is 9.76. The summed E-state index contributed by atoms with van der Waals surface area (Å²) >= 11 is 1.29. The van der Waals surface area contributed by atoms with Crippen LogP contribution in [0.2, 0.25) is 0 Å². The summed E-state index contributed by atoms with van der Waals surface area (Å²) in [6.45, 7) is 14.7. The minimum Gasteiger partial charge on any atom is -0.294 e. The van der Waals surface area contributed by atoms with E-state index in [-0.39, 0.29) is 5.78 Å². The Bertz CT molecular complexity index is 347. The van der Waals surface area contributed by atoms with Crippen LogP contribution in [0, 0.1) is 0 Å². The maximum atomic E-state index is 11.1. The van der Waals surface area contributed by atoms with E-state index in [9.17, 15) is 4.79 Å². The second-order valence-corrected chi connectivity index (χ2v) is 4.41. The average molecular weight is 223 g/mol. The molecule has 0 N–H and O–H groups in total. The number of allylic oxidation sites excluding steroid dienone is 2. The lowest BCUT2D eigenvalue weighted by Gasteiger charge is -2.07. The molecule has 3 heteroatoms. The van der Waals surface area contributed by atoms with E-state index >= 15 is 0 Å². The fourth-order valence-electron chi connectivity index (χ4n) is 0.685. The highest BCUT2D eigenvalue weighted by atomic mass is 32.2. The summed E-state index contributed by atoms with van der Waals surface area (Å²) in [5.41, 5.74) is 2.22. The van der Waals surface area contributed by atoms with Crippen molar-refractivity contribution in [2.24, 2.45) is 4.99 Å². The largest absolute Gasteiger partial charge is 0.294 e. The number of rotatable bonds is 4. The van der Waals surface area contributed by atoms with Gasteiger partial charge in [-0.25, -0.2) is 4.99 Å². The second kappa shape index (κ2) is 6.40. The molecular weight excluding hydrogens is 206 g/mol. The van der Waals surface area contributed by atoms with E-state index in [1.54, 1.807) is 0 Å². The number of aliphatic imine (C=N–C) groups is 1. The molecule has 82 valence electrons. The number of thioether (sulfide) groups is 1. The number of hydrogen-bond acceptors (Lipinski definition) is 3. The number of carbonyl (C=O) groups excluding carboxylic acids is 1. The van der Waals surface area contributed by atoms with Gasteiger partial charge in [-0.15, -0.1) is 0 Å². The van der Waals surface area contributed by atoms with Crippen LogP contribution in [0.4, 0.5) is 0 Å². The van der Waals surface area contributed by atoms with Crippen molar-refractivity contribution in [1.82, 2.24) is 0 Å². The predicted octanol–water partition coefficient (Wildman–Crippen LogP) is 3.72. The Morgan fingerprint density at radius 2 is 1.80 bits per heavy atom. The van der Waals surface area contributed by atoms with Gasteiger partial charge >= 0.3 is 0 Å². The van der Waals surface area contributed by atoms with Gasteiger partial charge in [0.05, 0.1) is 0 Å². The number of hydrogen-bond donors (Lipinski definition) is 0. The summed E-state index contributed by atoms with van der Waals surface area (Å²) in [5, 5.41) is 0.783. The normalized spacial score (nSPS) is 10.8. The molecule has 0 aromatic heterocycles. The van der Waals surface area contributed by atoms with Crippen LogP contribution < -0.4 is 0 Å². The van der Waals surface area contributed by atoms with Crippen molar-refractivity contribution < 1.29 is 4.79 Å². The molecule has 15 heavy (non-hydrogen) atoms. The molecule has 0 saturated carbocycles. The first-order chi connectivity index (χ1) is 6.90. The van der Waals surface area contributed by atoms with Gasteiger partial charge in [-0.2, -0.15) is 0 Å². The van der Waals surface area contributed by atoms with Crippen LogP contribution in [0.25, 0.3) is 0 Å². The number of nitrogens with zero attached hydrogens (tertiary/aromatic N) is 1. The van der Waals surface area contributed by atoms with E-state index in [0.717, 1.165) is 10.6 Å². The zero-order chi connectivity index (χ0) is 12.0. The zero-order valence-corrected chi connectivity index (χ0v) is 10.6. The van der Waals surface area contributed by atoms with Crippen molar-refractivity contribution in [2.75, 3.05) is 0 Å². The van der Waals surface area contributed by atoms with Crippen molar-refractivity contribution in [3.05, 3.63) is 35.4 Å². The van der Waals surface area contributed by atoms with Crippen LogP contribution in [0.3, 0.4) is 0 Å². The fourth-order valence-corrected chi connectivity index (χ4v) is 1.55. The van der Waals surface area contributed by atoms with Gasteiger partial charge in [0.25, 0.3) is 0 Å². The van der Waals surface area contributed by atoms with E-state index in [2.05, 4.69) is 18.2 Å². The molecule has 0 aliphatic rings. The van der Waals surface area contributed by atoms with Gasteiger partial charge in [-0.1, -0.05) is 30.5 Å². The highest BCUT2D eigenvalue weighted by Gasteiger charge is 2.09. The standard InChI is InChI=1S/C12H17NOS/c1-7-13-12(9(4)8(2)3)15-11(6)10(5)14/h7H,1,6H2,2-5H3. The first kappa shape index (κ1) is 13.9. The van der Waals surface area contributed by atoms with Crippen LogP contribution in [-0.4, -0.2) is 10.8 Å². The second-order valence-electron chi connectivity index (χ2n) is 3.32. The average Bonchev–Trinajstić information content (AvgIpc) is 2.15. The van der Waals surface area contributed by atoms with Gasteiger partial charge in [0.2, 0.25) is 0 Å². The van der Waals surface area contributed by atoms with Crippen LogP contribution in [0.1, 0.15) is 27.7 Å². The van der Waals surface area contributed by atoms with Gasteiger partial charge in [-0.3, -0.25) is 4.79 Å². The fraction of sp³-hybridized carbons (Fsp3) is 0.333. The lowest BCUT2D eigenvalue weighted by molar-refractivity contribution is -0.112. The molecule has 0 fully saturated rings. The minimum atomic E-state index is -0.0293. The summed E-state index contributed by atoms with van der Waals surface area (Å²) in [6, 6.07) is 0. The predicted molar refractivity (Wildman–Crippen MR) is 69.1 cm³/mol. The summed E-state index contributed by atoms with van der Waals surface area (Å²) < 4.78 is 0. The summed E-state index contributed by atoms with van der Waals surface area (Å²) in [7, 11) is 0. The number of Topliss-reactive ketones (excluding diaryl/α,β-unsaturated/α-hetero) is 1. The van der Waals surface area contributed by atoms with Crippen LogP contribution >= 0.6 is 11.8 Å². The van der Waals surface area contributed by atoms with Crippen molar-refractivity contribution >= 4 is 22.6 Å². The smallest absolute Gasteiger partial charge is 0.165 e. The van der Waals surface area contributed by atoms with Crippen molar-refractivity contribution in [3.8, 4) is 0 Å². The lowest BCUT2D eigenvalue weighted by Crippen LogP contribution is -2.00. The highest BCUT2D eigenvalue weighted by molar-refractivity contribution is 8.18. The Morgan fingerprint density at radius 3 is 2.13 bits per heavy atom. The first-order valence-electron chi connectivity index (χ1n) is 4.61.